The van der Waals surface area contributed by atoms with Crippen LogP contribution < -0.4 is 0 Å². The van der Waals surface area contributed by atoms with Gasteiger partial charge in [0.15, 0.2) is 0 Å². The molecule has 1 aliphatic heterocycles. The highest BCUT2D eigenvalue weighted by molar-refractivity contribution is 5.57. The van der Waals surface area contributed by atoms with Crippen LogP contribution in [-0.4, -0.2) is 22.2 Å². The Morgan fingerprint density at radius 1 is 1.14 bits per heavy atom. The van der Waals surface area contributed by atoms with Crippen molar-refractivity contribution >= 4 is 0 Å². The first kappa shape index (κ1) is 13.9. The van der Waals surface area contributed by atoms with Crippen LogP contribution in [0.15, 0.2) is 30.5 Å². The van der Waals surface area contributed by atoms with Gasteiger partial charge in [0.1, 0.15) is 5.69 Å². The molecule has 1 aliphatic carbocycles. The second-order valence-corrected chi connectivity index (χ2v) is 6.27. The Morgan fingerprint density at radius 2 is 1.91 bits per heavy atom. The molecule has 0 aromatic carbocycles. The van der Waals surface area contributed by atoms with Gasteiger partial charge < -0.3 is 9.47 Å². The third kappa shape index (κ3) is 1.98. The fourth-order valence-corrected chi connectivity index (χ4v) is 3.43. The molecule has 22 heavy (non-hydrogen) atoms. The van der Waals surface area contributed by atoms with E-state index in [1.807, 2.05) is 18.2 Å². The van der Waals surface area contributed by atoms with Crippen molar-refractivity contribution in [2.75, 3.05) is 0 Å². The second kappa shape index (κ2) is 4.86. The maximum absolute atomic E-state index is 6.19. The Balaban J connectivity index is 1.84. The molecule has 0 radical (unpaired) electrons. The molecule has 2 aromatic heterocycles. The highest BCUT2D eigenvalue weighted by Crippen LogP contribution is 2.47. The van der Waals surface area contributed by atoms with Gasteiger partial charge in [-0.2, -0.15) is 0 Å². The normalized spacial score (nSPS) is 25.6. The number of nitrogens with zero attached hydrogens (tertiary/aromatic N) is 2. The molecule has 2 aromatic rings. The average molecular weight is 296 g/mol. The smallest absolute Gasteiger partial charge is 0.213 e. The number of rotatable bonds is 1. The lowest BCUT2D eigenvalue weighted by atomic mass is 10.1. The van der Waals surface area contributed by atoms with Crippen LogP contribution in [0.1, 0.15) is 37.1 Å². The van der Waals surface area contributed by atoms with Crippen molar-refractivity contribution in [1.29, 1.82) is 0 Å². The minimum absolute atomic E-state index is 0.0894. The molecule has 4 rings (SSSR count). The van der Waals surface area contributed by atoms with E-state index in [0.717, 1.165) is 29.9 Å². The van der Waals surface area contributed by atoms with Gasteiger partial charge >= 0.3 is 0 Å². The van der Waals surface area contributed by atoms with Crippen LogP contribution >= 0.6 is 0 Å². The number of hydrogen-bond acceptors (Lipinski definition) is 4. The monoisotopic (exact) mass is 296 g/mol. The lowest BCUT2D eigenvalue weighted by Crippen LogP contribution is -2.26. The minimum Gasteiger partial charge on any atom is -0.339 e. The van der Waals surface area contributed by atoms with Gasteiger partial charge in [-0.25, -0.2) is 4.98 Å². The van der Waals surface area contributed by atoms with E-state index < -0.39 is 5.79 Å². The summed E-state index contributed by atoms with van der Waals surface area (Å²) in [4.78, 5) is 9.29. The Bertz CT molecular complexity index is 705. The van der Waals surface area contributed by atoms with Crippen LogP contribution in [-0.2, 0) is 21.7 Å². The molecule has 0 saturated carbocycles. The zero-order valence-corrected chi connectivity index (χ0v) is 13.2. The molecule has 2 atom stereocenters. The van der Waals surface area contributed by atoms with Crippen molar-refractivity contribution < 1.29 is 9.47 Å². The van der Waals surface area contributed by atoms with E-state index >= 15 is 0 Å². The van der Waals surface area contributed by atoms with Gasteiger partial charge in [-0.1, -0.05) is 6.07 Å². The predicted octanol–water partition coefficient (Wildman–Crippen LogP) is 3.37. The third-order valence-corrected chi connectivity index (χ3v) is 4.75. The summed E-state index contributed by atoms with van der Waals surface area (Å²) >= 11 is 0. The van der Waals surface area contributed by atoms with Gasteiger partial charge in [0, 0.05) is 12.6 Å². The number of hydrogen-bond donors (Lipinski definition) is 0. The first-order valence-corrected chi connectivity index (χ1v) is 7.87. The maximum atomic E-state index is 6.19. The van der Waals surface area contributed by atoms with Crippen LogP contribution in [0.4, 0.5) is 0 Å². The first-order chi connectivity index (χ1) is 10.6. The highest BCUT2D eigenvalue weighted by atomic mass is 16.8. The molecular weight excluding hydrogens is 276 g/mol. The van der Waals surface area contributed by atoms with E-state index in [1.54, 1.807) is 6.20 Å². The number of fused-ring (bicyclic) bond motifs is 2. The highest BCUT2D eigenvalue weighted by Gasteiger charge is 2.51. The van der Waals surface area contributed by atoms with Gasteiger partial charge in [-0.15, -0.1) is 0 Å². The van der Waals surface area contributed by atoms with Gasteiger partial charge in [-0.05, 0) is 56.5 Å². The van der Waals surface area contributed by atoms with Crippen molar-refractivity contribution in [2.24, 2.45) is 0 Å². The SMILES string of the molecule is Cc1cc(-c2ccccn2)nc2c1CCC21O[C@H](C)[C@@H](C)O1. The topological polar surface area (TPSA) is 44.2 Å². The van der Waals surface area contributed by atoms with Gasteiger partial charge in [0.25, 0.3) is 0 Å². The molecule has 4 nitrogen and oxygen atoms in total. The van der Waals surface area contributed by atoms with E-state index in [0.29, 0.717) is 0 Å². The zero-order chi connectivity index (χ0) is 15.3. The standard InChI is InChI=1S/C18H20N2O2/c1-11-10-16(15-6-4-5-9-19-15)20-17-14(11)7-8-18(17)21-12(2)13(3)22-18/h4-6,9-10,12-13H,7-8H2,1-3H3/t12-,13-/m1/s1. The summed E-state index contributed by atoms with van der Waals surface area (Å²) in [6.07, 6.45) is 3.77. The summed E-state index contributed by atoms with van der Waals surface area (Å²) in [5.74, 6) is -0.663. The molecule has 2 aliphatic rings. The van der Waals surface area contributed by atoms with Gasteiger partial charge in [-0.3, -0.25) is 4.98 Å². The molecule has 114 valence electrons. The van der Waals surface area contributed by atoms with Crippen molar-refractivity contribution in [1.82, 2.24) is 9.97 Å². The first-order valence-electron chi connectivity index (χ1n) is 7.87. The third-order valence-electron chi connectivity index (χ3n) is 4.75. The second-order valence-electron chi connectivity index (χ2n) is 6.27. The molecule has 3 heterocycles. The molecule has 1 spiro atoms. The van der Waals surface area contributed by atoms with Crippen LogP contribution in [0.5, 0.6) is 0 Å². The van der Waals surface area contributed by atoms with E-state index in [4.69, 9.17) is 14.5 Å². The largest absolute Gasteiger partial charge is 0.339 e. The number of aryl methyl sites for hydroxylation is 1. The van der Waals surface area contributed by atoms with Crippen LogP contribution in [0.3, 0.4) is 0 Å². The minimum atomic E-state index is -0.663. The Morgan fingerprint density at radius 3 is 2.59 bits per heavy atom. The van der Waals surface area contributed by atoms with Crippen molar-refractivity contribution in [3.8, 4) is 11.4 Å². The van der Waals surface area contributed by atoms with Crippen molar-refractivity contribution in [3.63, 3.8) is 0 Å². The van der Waals surface area contributed by atoms with Crippen LogP contribution in [0.2, 0.25) is 0 Å². The predicted molar refractivity (Wildman–Crippen MR) is 83.3 cm³/mol. The number of ether oxygens (including phenoxy) is 2. The Hall–Kier alpha value is -1.78. The summed E-state index contributed by atoms with van der Waals surface area (Å²) in [6.45, 7) is 6.26. The van der Waals surface area contributed by atoms with Crippen molar-refractivity contribution in [3.05, 3.63) is 47.3 Å². The lowest BCUT2D eigenvalue weighted by Gasteiger charge is -2.23. The fraction of sp³-hybridized carbons (Fsp3) is 0.444. The van der Waals surface area contributed by atoms with Crippen LogP contribution in [0, 0.1) is 6.92 Å². The van der Waals surface area contributed by atoms with E-state index in [2.05, 4.69) is 31.8 Å². The van der Waals surface area contributed by atoms with E-state index in [9.17, 15) is 0 Å². The molecule has 0 N–H and O–H groups in total. The molecule has 0 unspecified atom stereocenters. The summed E-state index contributed by atoms with van der Waals surface area (Å²) in [5.41, 5.74) is 5.22. The fourth-order valence-electron chi connectivity index (χ4n) is 3.43. The summed E-state index contributed by atoms with van der Waals surface area (Å²) in [5, 5.41) is 0. The zero-order valence-electron chi connectivity index (χ0n) is 13.2. The van der Waals surface area contributed by atoms with E-state index in [1.165, 1.54) is 11.1 Å². The molecule has 4 heteroatoms. The summed E-state index contributed by atoms with van der Waals surface area (Å²) in [6, 6.07) is 7.99. The van der Waals surface area contributed by atoms with Gasteiger partial charge in [0.2, 0.25) is 5.79 Å². The van der Waals surface area contributed by atoms with E-state index in [-0.39, 0.29) is 12.2 Å². The van der Waals surface area contributed by atoms with Gasteiger partial charge in [0.05, 0.1) is 23.6 Å². The Kier molecular flexibility index (Phi) is 3.06. The molecule has 1 fully saturated rings. The average Bonchev–Trinajstić information content (AvgIpc) is 3.01. The van der Waals surface area contributed by atoms with Crippen molar-refractivity contribution in [2.45, 2.75) is 51.6 Å². The molecular formula is C18H20N2O2. The number of aromatic nitrogens is 2. The summed E-state index contributed by atoms with van der Waals surface area (Å²) in [7, 11) is 0. The Labute approximate surface area is 130 Å². The van der Waals surface area contributed by atoms with Crippen LogP contribution in [0.25, 0.3) is 11.4 Å². The number of pyridine rings is 2. The maximum Gasteiger partial charge on any atom is 0.213 e. The quantitative estimate of drug-likeness (QED) is 0.809. The molecule has 1 saturated heterocycles. The molecule has 0 amide bonds. The summed E-state index contributed by atoms with van der Waals surface area (Å²) < 4.78 is 12.4. The lowest BCUT2D eigenvalue weighted by molar-refractivity contribution is -0.182. The molecule has 0 bridgehead atoms.